The molecule has 0 radical (unpaired) electrons. The number of halogens is 1. The number of benzene rings is 2. The Balaban J connectivity index is 1.84. The van der Waals surface area contributed by atoms with Crippen LogP contribution in [0.25, 0.3) is 22.0 Å². The zero-order valence-corrected chi connectivity index (χ0v) is 13.3. The normalized spacial score (nSPS) is 17.4. The molecule has 0 bridgehead atoms. The fourth-order valence-electron chi connectivity index (χ4n) is 3.07. The van der Waals surface area contributed by atoms with E-state index in [0.717, 1.165) is 16.5 Å². The molecule has 2 heterocycles. The standard InChI is InChI=1S/C18H17FN2S/c1-10(2)18-14-7-11(3-6-17(14)22-21-18)15-9-20-16-8-12(19)4-5-13(15)16/h3-10,18,20-21H,1-2H3. The van der Waals surface area contributed by atoms with Crippen molar-refractivity contribution in [3.63, 3.8) is 0 Å². The third-order valence-electron chi connectivity index (χ3n) is 4.26. The third kappa shape index (κ3) is 2.14. The molecule has 112 valence electrons. The Morgan fingerprint density at radius 2 is 2.00 bits per heavy atom. The third-order valence-corrected chi connectivity index (χ3v) is 5.23. The van der Waals surface area contributed by atoms with Crippen LogP contribution in [0.4, 0.5) is 4.39 Å². The number of hydrogen-bond donors (Lipinski definition) is 2. The van der Waals surface area contributed by atoms with E-state index in [0.29, 0.717) is 12.0 Å². The number of rotatable bonds is 2. The van der Waals surface area contributed by atoms with Crippen molar-refractivity contribution in [2.45, 2.75) is 24.8 Å². The molecule has 22 heavy (non-hydrogen) atoms. The molecule has 0 saturated carbocycles. The molecule has 1 aromatic heterocycles. The van der Waals surface area contributed by atoms with Gasteiger partial charge >= 0.3 is 0 Å². The second kappa shape index (κ2) is 5.14. The minimum Gasteiger partial charge on any atom is -0.360 e. The highest BCUT2D eigenvalue weighted by molar-refractivity contribution is 7.97. The van der Waals surface area contributed by atoms with Gasteiger partial charge in [0, 0.05) is 33.6 Å². The summed E-state index contributed by atoms with van der Waals surface area (Å²) in [4.78, 5) is 4.47. The van der Waals surface area contributed by atoms with Crippen LogP contribution in [0, 0.1) is 11.7 Å². The summed E-state index contributed by atoms with van der Waals surface area (Å²) in [5.74, 6) is 0.330. The van der Waals surface area contributed by atoms with E-state index in [1.54, 1.807) is 18.0 Å². The molecule has 0 amide bonds. The first-order valence-corrected chi connectivity index (χ1v) is 8.28. The van der Waals surface area contributed by atoms with Crippen LogP contribution < -0.4 is 4.72 Å². The minimum atomic E-state index is -0.213. The molecule has 4 heteroatoms. The lowest BCUT2D eigenvalue weighted by molar-refractivity contribution is 0.491. The van der Waals surface area contributed by atoms with Gasteiger partial charge in [-0.25, -0.2) is 4.39 Å². The summed E-state index contributed by atoms with van der Waals surface area (Å²) in [6.07, 6.45) is 1.96. The Bertz CT molecular complexity index is 853. The lowest BCUT2D eigenvalue weighted by atomic mass is 9.94. The summed E-state index contributed by atoms with van der Waals surface area (Å²) in [5, 5.41) is 1.06. The predicted octanol–water partition coefficient (Wildman–Crippen LogP) is 5.28. The molecular formula is C18H17FN2S. The molecule has 2 aromatic carbocycles. The van der Waals surface area contributed by atoms with Crippen LogP contribution in [0.3, 0.4) is 0 Å². The van der Waals surface area contributed by atoms with Crippen molar-refractivity contribution in [1.82, 2.24) is 9.71 Å². The van der Waals surface area contributed by atoms with Gasteiger partial charge in [0.2, 0.25) is 0 Å². The second-order valence-electron chi connectivity index (χ2n) is 6.09. The van der Waals surface area contributed by atoms with E-state index in [1.165, 1.54) is 22.1 Å². The van der Waals surface area contributed by atoms with Crippen LogP contribution in [-0.2, 0) is 0 Å². The van der Waals surface area contributed by atoms with E-state index < -0.39 is 0 Å². The molecular weight excluding hydrogens is 295 g/mol. The minimum absolute atomic E-state index is 0.213. The monoisotopic (exact) mass is 312 g/mol. The Labute approximate surface area is 133 Å². The summed E-state index contributed by atoms with van der Waals surface area (Å²) >= 11 is 1.71. The first-order chi connectivity index (χ1) is 10.6. The lowest BCUT2D eigenvalue weighted by Gasteiger charge is -2.15. The van der Waals surface area contributed by atoms with E-state index in [4.69, 9.17) is 0 Å². The summed E-state index contributed by atoms with van der Waals surface area (Å²) in [6, 6.07) is 11.9. The maximum absolute atomic E-state index is 13.3. The molecule has 1 unspecified atom stereocenters. The molecule has 1 aliphatic heterocycles. The Kier molecular flexibility index (Phi) is 3.24. The van der Waals surface area contributed by atoms with Crippen LogP contribution in [-0.4, -0.2) is 4.98 Å². The molecule has 1 atom stereocenters. The van der Waals surface area contributed by atoms with Gasteiger partial charge in [0.15, 0.2) is 0 Å². The topological polar surface area (TPSA) is 27.8 Å². The molecule has 3 aromatic rings. The van der Waals surface area contributed by atoms with Crippen molar-refractivity contribution in [2.24, 2.45) is 5.92 Å². The van der Waals surface area contributed by atoms with Crippen molar-refractivity contribution < 1.29 is 4.39 Å². The highest BCUT2D eigenvalue weighted by Gasteiger charge is 2.26. The van der Waals surface area contributed by atoms with Gasteiger partial charge in [-0.3, -0.25) is 4.72 Å². The summed E-state index contributed by atoms with van der Waals surface area (Å²) in [5.41, 5.74) is 4.49. The lowest BCUT2D eigenvalue weighted by Crippen LogP contribution is -2.14. The fourth-order valence-corrected chi connectivity index (χ4v) is 4.17. The van der Waals surface area contributed by atoms with E-state index in [9.17, 15) is 4.39 Å². The predicted molar refractivity (Wildman–Crippen MR) is 90.3 cm³/mol. The zero-order valence-electron chi connectivity index (χ0n) is 12.5. The average Bonchev–Trinajstić information content (AvgIpc) is 3.09. The van der Waals surface area contributed by atoms with Gasteiger partial charge in [-0.05, 0) is 59.3 Å². The molecule has 1 aliphatic rings. The summed E-state index contributed by atoms with van der Waals surface area (Å²) in [7, 11) is 0. The van der Waals surface area contributed by atoms with E-state index in [2.05, 4.69) is 41.8 Å². The molecule has 0 aliphatic carbocycles. The van der Waals surface area contributed by atoms with E-state index in [1.807, 2.05) is 12.3 Å². The average molecular weight is 312 g/mol. The Hall–Kier alpha value is -1.78. The van der Waals surface area contributed by atoms with E-state index >= 15 is 0 Å². The van der Waals surface area contributed by atoms with Gasteiger partial charge < -0.3 is 4.98 Å². The molecule has 0 saturated heterocycles. The van der Waals surface area contributed by atoms with Crippen molar-refractivity contribution in [3.8, 4) is 11.1 Å². The molecule has 4 rings (SSSR count). The second-order valence-corrected chi connectivity index (χ2v) is 6.97. The smallest absolute Gasteiger partial charge is 0.125 e. The maximum atomic E-state index is 13.3. The first kappa shape index (κ1) is 13.9. The summed E-state index contributed by atoms with van der Waals surface area (Å²) in [6.45, 7) is 4.46. The van der Waals surface area contributed by atoms with Crippen molar-refractivity contribution in [3.05, 3.63) is 54.0 Å². The van der Waals surface area contributed by atoms with Crippen LogP contribution in [0.1, 0.15) is 25.5 Å². The van der Waals surface area contributed by atoms with E-state index in [-0.39, 0.29) is 5.82 Å². The fraction of sp³-hybridized carbons (Fsp3) is 0.222. The van der Waals surface area contributed by atoms with Crippen molar-refractivity contribution in [2.75, 3.05) is 0 Å². The van der Waals surface area contributed by atoms with Crippen LogP contribution in [0.2, 0.25) is 0 Å². The maximum Gasteiger partial charge on any atom is 0.125 e. The first-order valence-electron chi connectivity index (χ1n) is 7.47. The Morgan fingerprint density at radius 3 is 2.82 bits per heavy atom. The van der Waals surface area contributed by atoms with Gasteiger partial charge in [-0.2, -0.15) is 0 Å². The van der Waals surface area contributed by atoms with Gasteiger partial charge in [-0.1, -0.05) is 19.9 Å². The van der Waals surface area contributed by atoms with Crippen LogP contribution >= 0.6 is 11.9 Å². The van der Waals surface area contributed by atoms with Crippen molar-refractivity contribution >= 4 is 22.9 Å². The quantitative estimate of drug-likeness (QED) is 0.630. The number of nitrogens with one attached hydrogen (secondary N) is 2. The van der Waals surface area contributed by atoms with Gasteiger partial charge in [0.1, 0.15) is 5.82 Å². The van der Waals surface area contributed by atoms with Crippen molar-refractivity contribution in [1.29, 1.82) is 0 Å². The number of H-pyrrole nitrogens is 1. The highest BCUT2D eigenvalue weighted by Crippen LogP contribution is 2.41. The Morgan fingerprint density at radius 1 is 1.14 bits per heavy atom. The highest BCUT2D eigenvalue weighted by atomic mass is 32.2. The number of fused-ring (bicyclic) bond motifs is 2. The SMILES string of the molecule is CC(C)C1NSc2ccc(-c3c[nH]c4cc(F)ccc34)cc21. The molecule has 2 nitrogen and oxygen atoms in total. The number of aromatic nitrogens is 1. The molecule has 0 fully saturated rings. The largest absolute Gasteiger partial charge is 0.360 e. The van der Waals surface area contributed by atoms with Gasteiger partial charge in [0.25, 0.3) is 0 Å². The summed E-state index contributed by atoms with van der Waals surface area (Å²) < 4.78 is 16.8. The van der Waals surface area contributed by atoms with Gasteiger partial charge in [-0.15, -0.1) is 0 Å². The zero-order chi connectivity index (χ0) is 15.3. The van der Waals surface area contributed by atoms with Crippen LogP contribution in [0.15, 0.2) is 47.5 Å². The van der Waals surface area contributed by atoms with Crippen LogP contribution in [0.5, 0.6) is 0 Å². The number of hydrogen-bond acceptors (Lipinski definition) is 2. The molecule has 2 N–H and O–H groups in total. The van der Waals surface area contributed by atoms with Gasteiger partial charge in [0.05, 0.1) is 0 Å². The molecule has 0 spiro atoms. The number of aromatic amines is 1.